The quantitative estimate of drug-likeness (QED) is 0.859. The van der Waals surface area contributed by atoms with E-state index in [1.165, 1.54) is 12.8 Å². The SMILES string of the molecule is Cc1nc(CN2CCN(C(=O)CCNC3CC3)CC2)cs1. The Bertz CT molecular complexity index is 478. The summed E-state index contributed by atoms with van der Waals surface area (Å²) in [4.78, 5) is 21.0. The third-order valence-corrected chi connectivity index (χ3v) is 4.95. The van der Waals surface area contributed by atoms with Crippen LogP contribution in [0.25, 0.3) is 0 Å². The summed E-state index contributed by atoms with van der Waals surface area (Å²) >= 11 is 1.71. The number of hydrogen-bond acceptors (Lipinski definition) is 5. The summed E-state index contributed by atoms with van der Waals surface area (Å²) in [7, 11) is 0. The predicted octanol–water partition coefficient (Wildman–Crippen LogP) is 1.24. The van der Waals surface area contributed by atoms with Gasteiger partial charge in [-0.1, -0.05) is 0 Å². The number of nitrogens with zero attached hydrogens (tertiary/aromatic N) is 3. The molecule has 1 amide bonds. The smallest absolute Gasteiger partial charge is 0.223 e. The Hall–Kier alpha value is -0.980. The van der Waals surface area contributed by atoms with Crippen LogP contribution in [0, 0.1) is 6.92 Å². The Morgan fingerprint density at radius 3 is 2.76 bits per heavy atom. The Labute approximate surface area is 130 Å². The molecule has 1 saturated heterocycles. The first kappa shape index (κ1) is 14.9. The Morgan fingerprint density at radius 1 is 1.38 bits per heavy atom. The molecule has 0 aromatic carbocycles. The molecule has 1 aromatic heterocycles. The van der Waals surface area contributed by atoms with Gasteiger partial charge >= 0.3 is 0 Å². The van der Waals surface area contributed by atoms with Gasteiger partial charge in [-0.25, -0.2) is 4.98 Å². The van der Waals surface area contributed by atoms with Crippen LogP contribution in [0.3, 0.4) is 0 Å². The fourth-order valence-electron chi connectivity index (χ4n) is 2.69. The second kappa shape index (κ2) is 6.85. The predicted molar refractivity (Wildman–Crippen MR) is 84.3 cm³/mol. The minimum atomic E-state index is 0.298. The number of rotatable bonds is 6. The molecule has 0 unspecified atom stereocenters. The van der Waals surface area contributed by atoms with Crippen molar-refractivity contribution in [2.24, 2.45) is 0 Å². The molecule has 6 heteroatoms. The summed E-state index contributed by atoms with van der Waals surface area (Å²) in [5.41, 5.74) is 1.16. The van der Waals surface area contributed by atoms with Crippen molar-refractivity contribution in [3.05, 3.63) is 16.1 Å². The van der Waals surface area contributed by atoms with E-state index in [1.807, 2.05) is 11.8 Å². The maximum atomic E-state index is 12.1. The van der Waals surface area contributed by atoms with Gasteiger partial charge in [-0.15, -0.1) is 11.3 Å². The van der Waals surface area contributed by atoms with E-state index in [2.05, 4.69) is 20.6 Å². The van der Waals surface area contributed by atoms with Crippen LogP contribution < -0.4 is 5.32 Å². The van der Waals surface area contributed by atoms with Crippen LogP contribution in [0.4, 0.5) is 0 Å². The van der Waals surface area contributed by atoms with Crippen molar-refractivity contribution in [2.45, 2.75) is 38.8 Å². The number of hydrogen-bond donors (Lipinski definition) is 1. The van der Waals surface area contributed by atoms with Gasteiger partial charge in [0.15, 0.2) is 0 Å². The van der Waals surface area contributed by atoms with Gasteiger partial charge in [-0.2, -0.15) is 0 Å². The van der Waals surface area contributed by atoms with E-state index >= 15 is 0 Å². The van der Waals surface area contributed by atoms with Crippen molar-refractivity contribution in [1.29, 1.82) is 0 Å². The highest BCUT2D eigenvalue weighted by Crippen LogP contribution is 2.18. The van der Waals surface area contributed by atoms with Gasteiger partial charge in [0.2, 0.25) is 5.91 Å². The molecular weight excluding hydrogens is 284 g/mol. The van der Waals surface area contributed by atoms with Gasteiger partial charge in [0.25, 0.3) is 0 Å². The average molecular weight is 308 g/mol. The maximum Gasteiger partial charge on any atom is 0.223 e. The summed E-state index contributed by atoms with van der Waals surface area (Å²) in [6.45, 7) is 7.41. The normalized spacial score (nSPS) is 20.0. The first-order valence-electron chi connectivity index (χ1n) is 7.85. The molecule has 0 atom stereocenters. The van der Waals surface area contributed by atoms with Gasteiger partial charge in [0.1, 0.15) is 0 Å². The average Bonchev–Trinajstić information content (AvgIpc) is 3.21. The second-order valence-corrected chi connectivity index (χ2v) is 7.06. The fraction of sp³-hybridized carbons (Fsp3) is 0.733. The van der Waals surface area contributed by atoms with Crippen LogP contribution in [0.5, 0.6) is 0 Å². The lowest BCUT2D eigenvalue weighted by molar-refractivity contribution is -0.132. The highest BCUT2D eigenvalue weighted by atomic mass is 32.1. The Kier molecular flexibility index (Phi) is 4.87. The van der Waals surface area contributed by atoms with Gasteiger partial charge in [0.05, 0.1) is 10.7 Å². The van der Waals surface area contributed by atoms with E-state index in [0.29, 0.717) is 18.4 Å². The number of carbonyl (C=O) groups is 1. The molecule has 1 saturated carbocycles. The highest BCUT2D eigenvalue weighted by molar-refractivity contribution is 7.09. The van der Waals surface area contributed by atoms with Crippen LogP contribution in [0.2, 0.25) is 0 Å². The van der Waals surface area contributed by atoms with Crippen molar-refractivity contribution in [1.82, 2.24) is 20.1 Å². The molecule has 2 heterocycles. The van der Waals surface area contributed by atoms with Crippen LogP contribution >= 0.6 is 11.3 Å². The number of aromatic nitrogens is 1. The van der Waals surface area contributed by atoms with Crippen molar-refractivity contribution < 1.29 is 4.79 Å². The fourth-order valence-corrected chi connectivity index (χ4v) is 3.30. The van der Waals surface area contributed by atoms with Crippen molar-refractivity contribution in [3.8, 4) is 0 Å². The third kappa shape index (κ3) is 4.49. The Balaban J connectivity index is 1.36. The van der Waals surface area contributed by atoms with Crippen molar-refractivity contribution >= 4 is 17.2 Å². The monoisotopic (exact) mass is 308 g/mol. The van der Waals surface area contributed by atoms with E-state index < -0.39 is 0 Å². The summed E-state index contributed by atoms with van der Waals surface area (Å²) < 4.78 is 0. The van der Waals surface area contributed by atoms with Gasteiger partial charge in [-0.05, 0) is 19.8 Å². The van der Waals surface area contributed by atoms with E-state index in [-0.39, 0.29) is 0 Å². The number of carbonyl (C=O) groups excluding carboxylic acids is 1. The highest BCUT2D eigenvalue weighted by Gasteiger charge is 2.23. The molecule has 0 spiro atoms. The molecule has 1 N–H and O–H groups in total. The van der Waals surface area contributed by atoms with Crippen molar-refractivity contribution in [2.75, 3.05) is 32.7 Å². The zero-order valence-corrected chi connectivity index (χ0v) is 13.5. The number of thiazole rings is 1. The van der Waals surface area contributed by atoms with E-state index in [0.717, 1.165) is 50.0 Å². The molecule has 2 fully saturated rings. The number of piperazine rings is 1. The van der Waals surface area contributed by atoms with Gasteiger partial charge in [-0.3, -0.25) is 9.69 Å². The van der Waals surface area contributed by atoms with Crippen LogP contribution in [0.15, 0.2) is 5.38 Å². The van der Waals surface area contributed by atoms with Crippen LogP contribution in [-0.2, 0) is 11.3 Å². The first-order chi connectivity index (χ1) is 10.2. The van der Waals surface area contributed by atoms with E-state index in [9.17, 15) is 4.79 Å². The summed E-state index contributed by atoms with van der Waals surface area (Å²) in [6.07, 6.45) is 3.20. The molecule has 5 nitrogen and oxygen atoms in total. The lowest BCUT2D eigenvalue weighted by Crippen LogP contribution is -2.48. The molecule has 1 aromatic rings. The minimum Gasteiger partial charge on any atom is -0.340 e. The largest absolute Gasteiger partial charge is 0.340 e. The Morgan fingerprint density at radius 2 is 2.14 bits per heavy atom. The zero-order valence-electron chi connectivity index (χ0n) is 12.7. The van der Waals surface area contributed by atoms with Crippen LogP contribution in [-0.4, -0.2) is 59.5 Å². The molecule has 116 valence electrons. The summed E-state index contributed by atoms with van der Waals surface area (Å²) in [5, 5.41) is 6.67. The molecule has 21 heavy (non-hydrogen) atoms. The summed E-state index contributed by atoms with van der Waals surface area (Å²) in [5.74, 6) is 0.298. The minimum absolute atomic E-state index is 0.298. The standard InChI is InChI=1S/C15H24N4OS/c1-12-17-14(11-21-12)10-18-6-8-19(9-7-18)15(20)4-5-16-13-2-3-13/h11,13,16H,2-10H2,1H3. The van der Waals surface area contributed by atoms with E-state index in [4.69, 9.17) is 0 Å². The maximum absolute atomic E-state index is 12.1. The van der Waals surface area contributed by atoms with Gasteiger partial charge < -0.3 is 10.2 Å². The molecule has 3 rings (SSSR count). The second-order valence-electron chi connectivity index (χ2n) is 5.99. The van der Waals surface area contributed by atoms with E-state index in [1.54, 1.807) is 11.3 Å². The molecular formula is C15H24N4OS. The zero-order chi connectivity index (χ0) is 14.7. The molecule has 0 radical (unpaired) electrons. The summed E-state index contributed by atoms with van der Waals surface area (Å²) in [6, 6.07) is 0.691. The topological polar surface area (TPSA) is 48.5 Å². The third-order valence-electron chi connectivity index (χ3n) is 4.13. The van der Waals surface area contributed by atoms with Crippen molar-refractivity contribution in [3.63, 3.8) is 0 Å². The first-order valence-corrected chi connectivity index (χ1v) is 8.73. The van der Waals surface area contributed by atoms with Gasteiger partial charge in [0, 0.05) is 57.1 Å². The number of aryl methyl sites for hydroxylation is 1. The number of amides is 1. The van der Waals surface area contributed by atoms with Crippen LogP contribution in [0.1, 0.15) is 30.0 Å². The number of nitrogens with one attached hydrogen (secondary N) is 1. The lowest BCUT2D eigenvalue weighted by atomic mass is 10.2. The lowest BCUT2D eigenvalue weighted by Gasteiger charge is -2.34. The molecule has 0 bridgehead atoms. The molecule has 2 aliphatic rings. The molecule has 1 aliphatic heterocycles. The molecule has 1 aliphatic carbocycles.